The van der Waals surface area contributed by atoms with Crippen LogP contribution in [0.2, 0.25) is 0 Å². The van der Waals surface area contributed by atoms with E-state index in [2.05, 4.69) is 193 Å². The van der Waals surface area contributed by atoms with Crippen molar-refractivity contribution in [3.8, 4) is 67.8 Å². The predicted octanol–water partition coefficient (Wildman–Crippen LogP) is 15.5. The Morgan fingerprint density at radius 1 is 0.317 bits per heavy atom. The molecule has 5 heterocycles. The third kappa shape index (κ3) is 10.1. The molecule has 6 aromatic carbocycles. The molecule has 3 fully saturated rings. The first-order valence-electron chi connectivity index (χ1n) is 28.6. The second-order valence-corrected chi connectivity index (χ2v) is 27.2. The van der Waals surface area contributed by atoms with Crippen LogP contribution in [0.15, 0.2) is 162 Å². The van der Waals surface area contributed by atoms with Crippen LogP contribution in [0.3, 0.4) is 0 Å². The second kappa shape index (κ2) is 20.6. The number of hydrogen-bond acceptors (Lipinski definition) is 10. The third-order valence-corrected chi connectivity index (χ3v) is 19.0. The summed E-state index contributed by atoms with van der Waals surface area (Å²) in [4.78, 5) is 20.4. The zero-order valence-corrected chi connectivity index (χ0v) is 51.9. The van der Waals surface area contributed by atoms with Gasteiger partial charge in [-0.1, -0.05) is 189 Å². The molecule has 3 saturated heterocycles. The van der Waals surface area contributed by atoms with Gasteiger partial charge in [0.05, 0.1) is 56.4 Å². The van der Waals surface area contributed by atoms with Crippen LogP contribution in [0.5, 0.6) is 0 Å². The molecular formula is C68H74B3BrN4O6. The molecule has 3 aliphatic heterocycles. The summed E-state index contributed by atoms with van der Waals surface area (Å²) in [6.45, 7) is 33.6. The van der Waals surface area contributed by atoms with Gasteiger partial charge in [-0.05, 0) is 112 Å². The van der Waals surface area contributed by atoms with E-state index < -0.39 is 14.0 Å². The van der Waals surface area contributed by atoms with Gasteiger partial charge in [-0.15, -0.1) is 0 Å². The summed E-state index contributed by atoms with van der Waals surface area (Å²) in [5.74, 6) is 1.51. The minimum Gasteiger partial charge on any atom is -0.405 e. The summed E-state index contributed by atoms with van der Waals surface area (Å²) < 4.78 is 37.5. The van der Waals surface area contributed by atoms with E-state index in [0.29, 0.717) is 0 Å². The van der Waals surface area contributed by atoms with Gasteiger partial charge in [0.15, 0.2) is 11.6 Å². The fourth-order valence-corrected chi connectivity index (χ4v) is 11.7. The van der Waals surface area contributed by atoms with Crippen molar-refractivity contribution in [2.24, 2.45) is 0 Å². The van der Waals surface area contributed by atoms with Crippen LogP contribution in [0.25, 0.3) is 67.8 Å². The Morgan fingerprint density at radius 3 is 0.988 bits per heavy atom. The molecule has 13 rings (SSSR count). The molecule has 0 N–H and O–H groups in total. The van der Waals surface area contributed by atoms with Crippen LogP contribution < -0.4 is 5.46 Å². The maximum atomic E-state index is 6.27. The van der Waals surface area contributed by atoms with Gasteiger partial charge < -0.3 is 27.9 Å². The zero-order valence-electron chi connectivity index (χ0n) is 50.4. The van der Waals surface area contributed by atoms with Gasteiger partial charge in [0, 0.05) is 59.8 Å². The Morgan fingerprint density at radius 2 is 0.622 bits per heavy atom. The molecule has 418 valence electrons. The quantitative estimate of drug-likeness (QED) is 0.149. The lowest BCUT2D eigenvalue weighted by atomic mass is 9.49. The molecule has 0 saturated carbocycles. The van der Waals surface area contributed by atoms with Crippen molar-refractivity contribution in [3.05, 3.63) is 184 Å². The average Bonchev–Trinajstić information content (AvgIpc) is 4.25. The van der Waals surface area contributed by atoms with Crippen molar-refractivity contribution < 1.29 is 27.9 Å². The van der Waals surface area contributed by atoms with Crippen LogP contribution in [0.1, 0.15) is 133 Å². The van der Waals surface area contributed by atoms with Gasteiger partial charge >= 0.3 is 21.1 Å². The molecule has 0 unspecified atom stereocenters. The van der Waals surface area contributed by atoms with Crippen molar-refractivity contribution in [1.82, 2.24) is 19.9 Å². The molecule has 0 amide bonds. The van der Waals surface area contributed by atoms with E-state index in [0.717, 1.165) is 66.6 Å². The van der Waals surface area contributed by atoms with Crippen molar-refractivity contribution in [2.75, 3.05) is 0 Å². The first-order chi connectivity index (χ1) is 38.5. The number of benzene rings is 6. The summed E-state index contributed by atoms with van der Waals surface area (Å²) >= 11 is 3.54. The Balaban J connectivity index is 0.000000137. The molecule has 0 bridgehead atoms. The van der Waals surface area contributed by atoms with Crippen LogP contribution in [-0.4, -0.2) is 74.7 Å². The molecule has 2 aromatic heterocycles. The topological polar surface area (TPSA) is 107 Å². The van der Waals surface area contributed by atoms with E-state index in [1.807, 2.05) is 91.8 Å². The van der Waals surface area contributed by atoms with Gasteiger partial charge in [0.2, 0.25) is 0 Å². The predicted molar refractivity (Wildman–Crippen MR) is 337 cm³/mol. The highest BCUT2D eigenvalue weighted by atomic mass is 79.9. The molecule has 14 heteroatoms. The summed E-state index contributed by atoms with van der Waals surface area (Å²) in [5.41, 5.74) is 14.1. The van der Waals surface area contributed by atoms with Gasteiger partial charge in [-0.25, -0.2) is 19.9 Å². The first kappa shape index (κ1) is 57.7. The second-order valence-electron chi connectivity index (χ2n) is 26.3. The molecule has 82 heavy (non-hydrogen) atoms. The Bertz CT molecular complexity index is 3620. The van der Waals surface area contributed by atoms with Crippen molar-refractivity contribution in [3.63, 3.8) is 0 Å². The maximum Gasteiger partial charge on any atom is 0.494 e. The average molecular weight is 1160 g/mol. The van der Waals surface area contributed by atoms with Gasteiger partial charge in [0.1, 0.15) is 0 Å². The Kier molecular flexibility index (Phi) is 14.5. The smallest absolute Gasteiger partial charge is 0.405 e. The van der Waals surface area contributed by atoms with E-state index in [1.54, 1.807) is 0 Å². The van der Waals surface area contributed by atoms with E-state index in [4.69, 9.17) is 47.9 Å². The minimum atomic E-state index is -0.476. The minimum absolute atomic E-state index is 0.149. The van der Waals surface area contributed by atoms with Crippen molar-refractivity contribution in [1.29, 1.82) is 0 Å². The standard InChI is InChI=1S/C31H31BN2O2.C25H19BrN2.C12H24B2O4/c1-29(2)24-15-11-10-14-23(24)27-25(29)26(33-28(34-27)21-12-8-7-9-13-21)20-16-18-22(19-17-20)32-35-30(3,4)31(5,6)36-32;1-25(2)20-11-7-6-10-19(20)23-21(25)22(16-12-14-18(26)15-13-16)27-24(28-23)17-8-4-3-5-9-17;1-9(2)10(3,4)16-13(15-9)14-17-11(5,6)12(7,8)18-14/h7-19H,1-6H3;3-15H,1-2H3;1-8H3. The molecule has 8 aromatic rings. The van der Waals surface area contributed by atoms with Gasteiger partial charge in [0.25, 0.3) is 0 Å². The molecule has 0 radical (unpaired) electrons. The lowest BCUT2D eigenvalue weighted by molar-refractivity contribution is 0.00578. The van der Waals surface area contributed by atoms with Crippen molar-refractivity contribution in [2.45, 2.75) is 155 Å². The molecule has 0 atom stereocenters. The van der Waals surface area contributed by atoms with Gasteiger partial charge in [-0.3, -0.25) is 0 Å². The summed E-state index contributed by atoms with van der Waals surface area (Å²) in [7, 11) is -1.34. The Labute approximate surface area is 495 Å². The van der Waals surface area contributed by atoms with E-state index in [1.165, 1.54) is 33.4 Å². The number of hydrogen-bond donors (Lipinski definition) is 0. The van der Waals surface area contributed by atoms with E-state index in [-0.39, 0.29) is 51.6 Å². The van der Waals surface area contributed by atoms with Crippen LogP contribution in [-0.2, 0) is 38.8 Å². The fraction of sp³-hybridized carbons (Fsp3) is 0.353. The first-order valence-corrected chi connectivity index (χ1v) is 29.4. The Hall–Kier alpha value is -6.09. The molecular weight excluding hydrogens is 1080 g/mol. The number of aromatic nitrogens is 4. The SMILES string of the molecule is CC1(C)OB(B2OC(C)(C)C(C)(C)O2)OC1(C)C.CC1(C)c2ccccc2-c2nc(-c3ccccc3)nc(-c3ccc(B4OC(C)(C)C(C)(C)O4)cc3)c21.CC1(C)c2ccccc2-c2nc(-c3ccccc3)nc(-c3ccc(Br)cc3)c21. The maximum absolute atomic E-state index is 6.27. The molecule has 5 aliphatic rings. The lowest BCUT2D eigenvalue weighted by Gasteiger charge is -2.32. The van der Waals surface area contributed by atoms with E-state index >= 15 is 0 Å². The number of fused-ring (bicyclic) bond motifs is 6. The summed E-state index contributed by atoms with van der Waals surface area (Å²) in [6, 6.07) is 54.5. The monoisotopic (exact) mass is 1150 g/mol. The molecule has 0 spiro atoms. The van der Waals surface area contributed by atoms with Crippen LogP contribution >= 0.6 is 15.9 Å². The molecule has 2 aliphatic carbocycles. The number of halogens is 1. The number of rotatable bonds is 6. The van der Waals surface area contributed by atoms with Gasteiger partial charge in [-0.2, -0.15) is 0 Å². The van der Waals surface area contributed by atoms with Crippen LogP contribution in [0, 0.1) is 0 Å². The largest absolute Gasteiger partial charge is 0.494 e. The van der Waals surface area contributed by atoms with E-state index in [9.17, 15) is 0 Å². The lowest BCUT2D eigenvalue weighted by Crippen LogP contribution is -2.41. The van der Waals surface area contributed by atoms with Crippen LogP contribution in [0.4, 0.5) is 0 Å². The highest BCUT2D eigenvalue weighted by molar-refractivity contribution is 9.10. The fourth-order valence-electron chi connectivity index (χ4n) is 11.5. The highest BCUT2D eigenvalue weighted by Gasteiger charge is 2.64. The zero-order chi connectivity index (χ0) is 58.6. The highest BCUT2D eigenvalue weighted by Crippen LogP contribution is 2.53. The van der Waals surface area contributed by atoms with Crippen molar-refractivity contribution >= 4 is 42.5 Å². The summed E-state index contributed by atoms with van der Waals surface area (Å²) in [5, 5.41) is 0. The normalized spacial score (nSPS) is 19.9. The number of nitrogens with zero attached hydrogens (tertiary/aromatic N) is 4. The third-order valence-electron chi connectivity index (χ3n) is 18.4. The molecule has 10 nitrogen and oxygen atoms in total. The summed E-state index contributed by atoms with van der Waals surface area (Å²) in [6.07, 6.45) is 0.